The van der Waals surface area contributed by atoms with Crippen LogP contribution >= 0.6 is 12.6 Å². The summed E-state index contributed by atoms with van der Waals surface area (Å²) >= 11 is 4.03. The molecule has 0 atom stereocenters. The van der Waals surface area contributed by atoms with Gasteiger partial charge in [0.1, 0.15) is 0 Å². The third kappa shape index (κ3) is 1.73. The summed E-state index contributed by atoms with van der Waals surface area (Å²) in [5.74, 6) is 0. The van der Waals surface area contributed by atoms with E-state index in [2.05, 4.69) is 12.6 Å². The first-order valence-electron chi connectivity index (χ1n) is 2.85. The van der Waals surface area contributed by atoms with Crippen molar-refractivity contribution in [1.29, 1.82) is 0 Å². The highest BCUT2D eigenvalue weighted by Gasteiger charge is 1.99. The first kappa shape index (κ1) is 7.60. The second-order valence-electron chi connectivity index (χ2n) is 1.97. The molecule has 3 heteroatoms. The fourth-order valence-corrected chi connectivity index (χ4v) is 0.921. The molecule has 1 aromatic rings. The SMILES string of the molecule is OC(O)c1cccc(S)c1. The van der Waals surface area contributed by atoms with E-state index in [0.717, 1.165) is 4.90 Å². The summed E-state index contributed by atoms with van der Waals surface area (Å²) in [5.41, 5.74) is 0.465. The minimum absolute atomic E-state index is 0.465. The molecule has 1 rings (SSSR count). The molecule has 0 fully saturated rings. The van der Waals surface area contributed by atoms with Gasteiger partial charge >= 0.3 is 0 Å². The van der Waals surface area contributed by atoms with Crippen molar-refractivity contribution < 1.29 is 10.2 Å². The highest BCUT2D eigenvalue weighted by Crippen LogP contribution is 2.13. The summed E-state index contributed by atoms with van der Waals surface area (Å²) in [4.78, 5) is 0.727. The Bertz CT molecular complexity index is 223. The van der Waals surface area contributed by atoms with E-state index in [1.54, 1.807) is 24.3 Å². The number of aliphatic hydroxyl groups excluding tert-OH is 1. The monoisotopic (exact) mass is 156 g/mol. The van der Waals surface area contributed by atoms with Crippen molar-refractivity contribution in [3.05, 3.63) is 29.8 Å². The number of hydrogen-bond acceptors (Lipinski definition) is 3. The molecular weight excluding hydrogens is 148 g/mol. The second kappa shape index (κ2) is 3.05. The average Bonchev–Trinajstić information content (AvgIpc) is 1.88. The average molecular weight is 156 g/mol. The van der Waals surface area contributed by atoms with Crippen molar-refractivity contribution in [1.82, 2.24) is 0 Å². The van der Waals surface area contributed by atoms with Crippen molar-refractivity contribution in [3.8, 4) is 0 Å². The summed E-state index contributed by atoms with van der Waals surface area (Å²) in [5, 5.41) is 17.3. The quantitative estimate of drug-likeness (QED) is 0.418. The number of thiol groups is 1. The minimum atomic E-state index is -1.40. The van der Waals surface area contributed by atoms with Gasteiger partial charge in [0.05, 0.1) is 0 Å². The van der Waals surface area contributed by atoms with E-state index in [1.165, 1.54) is 0 Å². The predicted octanol–water partition coefficient (Wildman–Crippen LogP) is 0.958. The van der Waals surface area contributed by atoms with Gasteiger partial charge in [-0.15, -0.1) is 12.6 Å². The molecule has 2 N–H and O–H groups in total. The van der Waals surface area contributed by atoms with Crippen molar-refractivity contribution >= 4 is 12.6 Å². The van der Waals surface area contributed by atoms with E-state index in [1.807, 2.05) is 0 Å². The zero-order valence-corrected chi connectivity index (χ0v) is 6.12. The van der Waals surface area contributed by atoms with Crippen molar-refractivity contribution in [2.45, 2.75) is 11.2 Å². The Morgan fingerprint density at radius 1 is 1.30 bits per heavy atom. The van der Waals surface area contributed by atoms with Gasteiger partial charge in [-0.1, -0.05) is 12.1 Å². The predicted molar refractivity (Wildman–Crippen MR) is 40.9 cm³/mol. The van der Waals surface area contributed by atoms with Gasteiger partial charge in [0, 0.05) is 10.5 Å². The van der Waals surface area contributed by atoms with E-state index in [4.69, 9.17) is 10.2 Å². The normalized spacial score (nSPS) is 10.4. The largest absolute Gasteiger partial charge is 0.364 e. The molecule has 54 valence electrons. The van der Waals surface area contributed by atoms with Gasteiger partial charge in [-0.05, 0) is 12.1 Å². The van der Waals surface area contributed by atoms with Crippen LogP contribution in [0.25, 0.3) is 0 Å². The smallest absolute Gasteiger partial charge is 0.178 e. The lowest BCUT2D eigenvalue weighted by molar-refractivity contribution is -0.0426. The third-order valence-electron chi connectivity index (χ3n) is 1.17. The van der Waals surface area contributed by atoms with E-state index >= 15 is 0 Å². The van der Waals surface area contributed by atoms with Gasteiger partial charge in [0.2, 0.25) is 0 Å². The van der Waals surface area contributed by atoms with Gasteiger partial charge in [0.25, 0.3) is 0 Å². The van der Waals surface area contributed by atoms with E-state index in [9.17, 15) is 0 Å². The second-order valence-corrected chi connectivity index (χ2v) is 2.49. The molecule has 0 spiro atoms. The van der Waals surface area contributed by atoms with Gasteiger partial charge in [-0.3, -0.25) is 0 Å². The van der Waals surface area contributed by atoms with E-state index in [-0.39, 0.29) is 0 Å². The molecule has 0 aliphatic rings. The Morgan fingerprint density at radius 3 is 2.40 bits per heavy atom. The Labute approximate surface area is 64.5 Å². The molecule has 0 saturated heterocycles. The van der Waals surface area contributed by atoms with Crippen molar-refractivity contribution in [3.63, 3.8) is 0 Å². The summed E-state index contributed by atoms with van der Waals surface area (Å²) in [6.45, 7) is 0. The first-order valence-corrected chi connectivity index (χ1v) is 3.30. The summed E-state index contributed by atoms with van der Waals surface area (Å²) < 4.78 is 0. The van der Waals surface area contributed by atoms with Crippen LogP contribution in [-0.4, -0.2) is 10.2 Å². The van der Waals surface area contributed by atoms with Gasteiger partial charge in [-0.25, -0.2) is 0 Å². The van der Waals surface area contributed by atoms with Crippen LogP contribution < -0.4 is 0 Å². The van der Waals surface area contributed by atoms with Crippen LogP contribution in [0.1, 0.15) is 11.9 Å². The topological polar surface area (TPSA) is 40.5 Å². The van der Waals surface area contributed by atoms with Crippen LogP contribution in [0, 0.1) is 0 Å². The van der Waals surface area contributed by atoms with Crippen molar-refractivity contribution in [2.75, 3.05) is 0 Å². The molecule has 2 nitrogen and oxygen atoms in total. The van der Waals surface area contributed by atoms with E-state index < -0.39 is 6.29 Å². The fourth-order valence-electron chi connectivity index (χ4n) is 0.685. The molecule has 0 aliphatic carbocycles. The van der Waals surface area contributed by atoms with Gasteiger partial charge in [0.15, 0.2) is 6.29 Å². The Kier molecular flexibility index (Phi) is 2.32. The molecule has 0 aromatic heterocycles. The molecule has 0 unspecified atom stereocenters. The number of rotatable bonds is 1. The molecular formula is C7H8O2S. The summed E-state index contributed by atoms with van der Waals surface area (Å²) in [6, 6.07) is 6.73. The Hall–Kier alpha value is -0.510. The summed E-state index contributed by atoms with van der Waals surface area (Å²) in [7, 11) is 0. The highest BCUT2D eigenvalue weighted by molar-refractivity contribution is 7.80. The van der Waals surface area contributed by atoms with Crippen LogP contribution in [0.5, 0.6) is 0 Å². The third-order valence-corrected chi connectivity index (χ3v) is 1.45. The zero-order chi connectivity index (χ0) is 7.56. The molecule has 0 aliphatic heterocycles. The van der Waals surface area contributed by atoms with Crippen molar-refractivity contribution in [2.24, 2.45) is 0 Å². The lowest BCUT2D eigenvalue weighted by Gasteiger charge is -2.02. The Morgan fingerprint density at radius 2 is 2.00 bits per heavy atom. The summed E-state index contributed by atoms with van der Waals surface area (Å²) in [6.07, 6.45) is -1.40. The number of hydrogen-bond donors (Lipinski definition) is 3. The zero-order valence-electron chi connectivity index (χ0n) is 5.23. The maximum atomic E-state index is 8.67. The molecule has 0 bridgehead atoms. The number of aliphatic hydroxyl groups is 2. The molecule has 0 radical (unpaired) electrons. The molecule has 0 saturated carbocycles. The van der Waals surface area contributed by atoms with Crippen LogP contribution in [0.4, 0.5) is 0 Å². The molecule has 10 heavy (non-hydrogen) atoms. The van der Waals surface area contributed by atoms with Gasteiger partial charge in [-0.2, -0.15) is 0 Å². The van der Waals surface area contributed by atoms with Crippen LogP contribution in [0.2, 0.25) is 0 Å². The van der Waals surface area contributed by atoms with Crippen LogP contribution in [0.3, 0.4) is 0 Å². The molecule has 0 heterocycles. The lowest BCUT2D eigenvalue weighted by Crippen LogP contribution is -1.93. The maximum absolute atomic E-state index is 8.67. The van der Waals surface area contributed by atoms with Crippen LogP contribution in [0.15, 0.2) is 29.2 Å². The Balaban J connectivity index is 2.96. The van der Waals surface area contributed by atoms with E-state index in [0.29, 0.717) is 5.56 Å². The highest BCUT2D eigenvalue weighted by atomic mass is 32.1. The molecule has 0 amide bonds. The minimum Gasteiger partial charge on any atom is -0.364 e. The fraction of sp³-hybridized carbons (Fsp3) is 0.143. The molecule has 1 aromatic carbocycles. The number of benzene rings is 1. The standard InChI is InChI=1S/C7H8O2S/c8-7(9)5-2-1-3-6(10)4-5/h1-4,7-10H. The first-order chi connectivity index (χ1) is 4.70. The lowest BCUT2D eigenvalue weighted by atomic mass is 10.2. The van der Waals surface area contributed by atoms with Crippen LogP contribution in [-0.2, 0) is 0 Å². The van der Waals surface area contributed by atoms with Gasteiger partial charge < -0.3 is 10.2 Å². The maximum Gasteiger partial charge on any atom is 0.178 e.